The second-order valence-electron chi connectivity index (χ2n) is 10.5. The summed E-state index contributed by atoms with van der Waals surface area (Å²) in [7, 11) is 3.18. The smallest absolute Gasteiger partial charge is 0.321 e. The lowest BCUT2D eigenvalue weighted by Crippen LogP contribution is -2.57. The number of amides is 3. The zero-order valence-corrected chi connectivity index (χ0v) is 26.7. The molecule has 2 aromatic carbocycles. The third-order valence-corrected chi connectivity index (χ3v) is 8.14. The molecular formula is C31H34Cl2N8O4. The first-order valence-electron chi connectivity index (χ1n) is 14.3. The quantitative estimate of drug-likeness (QED) is 0.251. The average molecular weight is 654 g/mol. The Balaban J connectivity index is 1.30. The number of anilines is 2. The van der Waals surface area contributed by atoms with Gasteiger partial charge in [0.1, 0.15) is 12.1 Å². The molecule has 12 nitrogen and oxygen atoms in total. The van der Waals surface area contributed by atoms with Gasteiger partial charge >= 0.3 is 6.03 Å². The summed E-state index contributed by atoms with van der Waals surface area (Å²) in [4.78, 5) is 43.8. The lowest BCUT2D eigenvalue weighted by Gasteiger charge is -2.42. The van der Waals surface area contributed by atoms with E-state index in [1.54, 1.807) is 60.6 Å². The maximum atomic E-state index is 13.3. The van der Waals surface area contributed by atoms with Crippen LogP contribution in [0, 0.1) is 6.92 Å². The molecule has 14 heteroatoms. The summed E-state index contributed by atoms with van der Waals surface area (Å²) in [5, 5.41) is 6.65. The molecule has 1 aliphatic heterocycles. The van der Waals surface area contributed by atoms with Crippen LogP contribution in [0.3, 0.4) is 0 Å². The number of nitrogens with zero attached hydrogens (tertiary/aromatic N) is 6. The third-order valence-electron chi connectivity index (χ3n) is 7.40. The van der Waals surface area contributed by atoms with Gasteiger partial charge in [-0.2, -0.15) is 4.98 Å². The number of methoxy groups -OCH3 is 2. The Morgan fingerprint density at radius 1 is 1.00 bits per heavy atom. The van der Waals surface area contributed by atoms with Crippen molar-refractivity contribution in [3.8, 4) is 17.4 Å². The van der Waals surface area contributed by atoms with Gasteiger partial charge in [-0.3, -0.25) is 9.36 Å². The van der Waals surface area contributed by atoms with Crippen molar-refractivity contribution in [2.75, 3.05) is 50.6 Å². The first-order valence-corrected chi connectivity index (χ1v) is 15.1. The van der Waals surface area contributed by atoms with Gasteiger partial charge in [-0.05, 0) is 49.2 Å². The number of benzene rings is 2. The maximum absolute atomic E-state index is 13.3. The van der Waals surface area contributed by atoms with Gasteiger partial charge in [0.15, 0.2) is 11.5 Å². The number of nitrogens with one attached hydrogen (secondary N) is 2. The summed E-state index contributed by atoms with van der Waals surface area (Å²) in [6.45, 7) is 3.48. The van der Waals surface area contributed by atoms with E-state index >= 15 is 0 Å². The van der Waals surface area contributed by atoms with Crippen LogP contribution in [0.2, 0.25) is 10.0 Å². The maximum Gasteiger partial charge on any atom is 0.321 e. The Kier molecular flexibility index (Phi) is 10.3. The first-order chi connectivity index (χ1) is 21.7. The number of rotatable bonds is 10. The van der Waals surface area contributed by atoms with Crippen LogP contribution >= 0.6 is 23.2 Å². The van der Waals surface area contributed by atoms with Crippen molar-refractivity contribution in [2.24, 2.45) is 0 Å². The van der Waals surface area contributed by atoms with E-state index in [-0.39, 0.29) is 24.4 Å². The molecule has 2 N–H and O–H groups in total. The Hall–Kier alpha value is -4.55. The fraction of sp³-hybridized carbons (Fsp3) is 0.323. The van der Waals surface area contributed by atoms with Crippen LogP contribution in [0.15, 0.2) is 61.2 Å². The van der Waals surface area contributed by atoms with E-state index in [1.807, 2.05) is 31.2 Å². The highest BCUT2D eigenvalue weighted by atomic mass is 35.5. The molecule has 3 heterocycles. The predicted octanol–water partition coefficient (Wildman–Crippen LogP) is 4.77. The number of ether oxygens (including phenoxy) is 2. The molecule has 236 valence electrons. The predicted molar refractivity (Wildman–Crippen MR) is 173 cm³/mol. The van der Waals surface area contributed by atoms with Gasteiger partial charge in [-0.15, -0.1) is 0 Å². The second kappa shape index (κ2) is 14.5. The van der Waals surface area contributed by atoms with E-state index in [0.29, 0.717) is 71.6 Å². The lowest BCUT2D eigenvalue weighted by molar-refractivity contribution is -0.121. The van der Waals surface area contributed by atoms with Gasteiger partial charge in [0.05, 0.1) is 30.3 Å². The zero-order chi connectivity index (χ0) is 31.9. The highest BCUT2D eigenvalue weighted by Gasteiger charge is 2.32. The van der Waals surface area contributed by atoms with Gasteiger partial charge in [0, 0.05) is 62.4 Å². The topological polar surface area (TPSA) is 127 Å². The average Bonchev–Trinajstić information content (AvgIpc) is 3.58. The van der Waals surface area contributed by atoms with Crippen LogP contribution in [0.4, 0.5) is 16.3 Å². The van der Waals surface area contributed by atoms with E-state index < -0.39 is 0 Å². The molecular weight excluding hydrogens is 619 g/mol. The normalized spacial score (nSPS) is 14.6. The number of imidazole rings is 1. The third kappa shape index (κ3) is 7.95. The Morgan fingerprint density at radius 2 is 1.82 bits per heavy atom. The minimum Gasteiger partial charge on any atom is -0.493 e. The molecule has 1 unspecified atom stereocenters. The highest BCUT2D eigenvalue weighted by Crippen LogP contribution is 2.28. The fourth-order valence-electron chi connectivity index (χ4n) is 5.14. The summed E-state index contributed by atoms with van der Waals surface area (Å²) < 4.78 is 12.4. The molecule has 4 aromatic rings. The summed E-state index contributed by atoms with van der Waals surface area (Å²) in [6.07, 6.45) is 5.82. The molecule has 3 amide bonds. The number of urea groups is 1. The Labute approximate surface area is 271 Å². The Morgan fingerprint density at radius 3 is 2.56 bits per heavy atom. The summed E-state index contributed by atoms with van der Waals surface area (Å²) in [5.41, 5.74) is 2.29. The number of piperazine rings is 1. The van der Waals surface area contributed by atoms with Gasteiger partial charge in [-0.1, -0.05) is 29.3 Å². The number of aromatic nitrogens is 4. The van der Waals surface area contributed by atoms with Gasteiger partial charge < -0.3 is 29.9 Å². The summed E-state index contributed by atoms with van der Waals surface area (Å²) in [5.74, 6) is 2.28. The zero-order valence-electron chi connectivity index (χ0n) is 25.2. The van der Waals surface area contributed by atoms with Gasteiger partial charge in [0.2, 0.25) is 11.9 Å². The van der Waals surface area contributed by atoms with Crippen molar-refractivity contribution in [3.63, 3.8) is 0 Å². The summed E-state index contributed by atoms with van der Waals surface area (Å²) >= 11 is 12.2. The van der Waals surface area contributed by atoms with Crippen molar-refractivity contribution < 1.29 is 19.1 Å². The van der Waals surface area contributed by atoms with Crippen LogP contribution in [0.1, 0.15) is 17.7 Å². The van der Waals surface area contributed by atoms with Crippen LogP contribution < -0.4 is 25.0 Å². The van der Waals surface area contributed by atoms with Crippen LogP contribution in [-0.4, -0.2) is 82.8 Å². The molecule has 0 saturated carbocycles. The highest BCUT2D eigenvalue weighted by molar-refractivity contribution is 6.42. The van der Waals surface area contributed by atoms with Crippen molar-refractivity contribution in [2.45, 2.75) is 25.8 Å². The number of hydrogen-bond donors (Lipinski definition) is 2. The number of carbonyl (C=O) groups excluding carboxylic acids is 2. The van der Waals surface area contributed by atoms with E-state index in [1.165, 1.54) is 0 Å². The molecule has 1 atom stereocenters. The lowest BCUT2D eigenvalue weighted by atomic mass is 10.1. The number of aryl methyl sites for hydroxylation is 1. The molecule has 0 spiro atoms. The molecule has 45 heavy (non-hydrogen) atoms. The van der Waals surface area contributed by atoms with E-state index in [2.05, 4.69) is 25.5 Å². The number of hydrogen-bond acceptors (Lipinski definition) is 8. The van der Waals surface area contributed by atoms with Crippen molar-refractivity contribution in [1.82, 2.24) is 29.7 Å². The molecule has 2 aromatic heterocycles. The molecule has 1 aliphatic rings. The van der Waals surface area contributed by atoms with Gasteiger partial charge in [-0.25, -0.2) is 14.8 Å². The van der Waals surface area contributed by atoms with Crippen LogP contribution in [0.25, 0.3) is 5.95 Å². The van der Waals surface area contributed by atoms with Crippen molar-refractivity contribution in [3.05, 3.63) is 82.5 Å². The van der Waals surface area contributed by atoms with Crippen LogP contribution in [-0.2, 0) is 11.2 Å². The molecule has 5 rings (SSSR count). The van der Waals surface area contributed by atoms with E-state index in [0.717, 1.165) is 11.3 Å². The monoisotopic (exact) mass is 652 g/mol. The molecule has 0 aliphatic carbocycles. The van der Waals surface area contributed by atoms with Gasteiger partial charge in [0.25, 0.3) is 0 Å². The number of carbonyl (C=O) groups is 2. The minimum atomic E-state index is -0.357. The Bertz CT molecular complexity index is 1650. The molecule has 0 bridgehead atoms. The largest absolute Gasteiger partial charge is 0.493 e. The summed E-state index contributed by atoms with van der Waals surface area (Å²) in [6, 6.07) is 11.8. The second-order valence-corrected chi connectivity index (χ2v) is 11.3. The molecule has 1 fully saturated rings. The standard InChI is InChI=1S/C31H34Cl2N8O4/c1-20-14-28(38-30(36-20)40-11-10-34-19-40)41-13-12-39(31(43)37-22-5-6-24(32)25(33)16-22)18-23(41)17-29(42)35-9-8-21-4-7-26(44-2)27(15-21)45-3/h4-7,10-11,14-16,19,23H,8-9,12-13,17-18H2,1-3H3,(H,35,42)(H,37,43). The molecule has 0 radical (unpaired) electrons. The van der Waals surface area contributed by atoms with Crippen molar-refractivity contribution in [1.29, 1.82) is 0 Å². The van der Waals surface area contributed by atoms with Crippen LogP contribution in [0.5, 0.6) is 11.5 Å². The number of halogens is 2. The van der Waals surface area contributed by atoms with Crippen molar-refractivity contribution >= 4 is 46.6 Å². The van der Waals surface area contributed by atoms with E-state index in [4.69, 9.17) is 37.7 Å². The fourth-order valence-corrected chi connectivity index (χ4v) is 5.44. The van der Waals surface area contributed by atoms with E-state index in [9.17, 15) is 9.59 Å². The minimum absolute atomic E-state index is 0.141. The first kappa shape index (κ1) is 31.9. The SMILES string of the molecule is COc1ccc(CCNC(=O)CC2CN(C(=O)Nc3ccc(Cl)c(Cl)c3)CCN2c2cc(C)nc(-n3ccnc3)n2)cc1OC. The molecule has 1 saturated heterocycles.